The zero-order valence-electron chi connectivity index (χ0n) is 16.7. The normalized spacial score (nSPS) is 20.7. The lowest BCUT2D eigenvalue weighted by Gasteiger charge is -2.31. The molecule has 0 spiro atoms. The molecule has 0 aromatic heterocycles. The number of carbonyl (C=O) groups excluding carboxylic acids is 1. The van der Waals surface area contributed by atoms with E-state index in [9.17, 15) is 4.79 Å². The number of aliphatic imine (C=N–C) groups is 1. The average molecular weight is 395 g/mol. The van der Waals surface area contributed by atoms with Gasteiger partial charge in [0, 0.05) is 37.6 Å². The molecular formula is C22H26N2O3Si. The third-order valence-electron chi connectivity index (χ3n) is 5.12. The number of rotatable bonds is 6. The minimum atomic E-state index is -1.17. The van der Waals surface area contributed by atoms with Crippen LogP contribution in [-0.2, 0) is 14.3 Å². The minimum absolute atomic E-state index is 0.320. The van der Waals surface area contributed by atoms with Crippen LogP contribution in [0.15, 0.2) is 75.3 Å². The maximum atomic E-state index is 11.7. The molecule has 4 aliphatic rings. The third-order valence-corrected chi connectivity index (χ3v) is 6.83. The molecule has 0 amide bonds. The molecule has 2 aliphatic heterocycles. The molecule has 0 fully saturated rings. The predicted octanol–water partition coefficient (Wildman–Crippen LogP) is 4.09. The number of nitrogens with zero attached hydrogens (tertiary/aromatic N) is 2. The zero-order chi connectivity index (χ0) is 19.7. The van der Waals surface area contributed by atoms with Crippen LogP contribution in [0.4, 0.5) is 0 Å². The summed E-state index contributed by atoms with van der Waals surface area (Å²) in [5.74, 6) is 1.30. The first-order valence-electron chi connectivity index (χ1n) is 9.72. The maximum Gasteiger partial charge on any atom is 0.185 e. The molecule has 0 atom stereocenters. The van der Waals surface area contributed by atoms with Crippen LogP contribution in [0.25, 0.3) is 0 Å². The fraction of sp³-hybridized carbons (Fsp3) is 0.364. The lowest BCUT2D eigenvalue weighted by atomic mass is 10.0. The second kappa shape index (κ2) is 7.52. The molecule has 0 bridgehead atoms. The van der Waals surface area contributed by atoms with E-state index in [4.69, 9.17) is 9.47 Å². The van der Waals surface area contributed by atoms with Gasteiger partial charge in [-0.1, -0.05) is 37.9 Å². The van der Waals surface area contributed by atoms with Crippen molar-refractivity contribution in [3.05, 3.63) is 70.3 Å². The van der Waals surface area contributed by atoms with Crippen molar-refractivity contribution in [2.75, 3.05) is 19.9 Å². The van der Waals surface area contributed by atoms with Crippen molar-refractivity contribution in [1.82, 2.24) is 4.90 Å². The Bertz CT molecular complexity index is 911. The highest BCUT2D eigenvalue weighted by molar-refractivity contribution is 6.76. The summed E-state index contributed by atoms with van der Waals surface area (Å²) in [5, 5.41) is 0. The Morgan fingerprint density at radius 1 is 1.25 bits per heavy atom. The number of ether oxygens (including phenoxy) is 2. The Hall–Kier alpha value is -2.44. The van der Waals surface area contributed by atoms with Crippen molar-refractivity contribution >= 4 is 20.2 Å². The third kappa shape index (κ3) is 3.62. The van der Waals surface area contributed by atoms with Gasteiger partial charge in [-0.15, -0.1) is 0 Å². The predicted molar refractivity (Wildman–Crippen MR) is 113 cm³/mol. The molecule has 0 saturated carbocycles. The summed E-state index contributed by atoms with van der Waals surface area (Å²) in [5.41, 5.74) is 5.29. The van der Waals surface area contributed by atoms with Gasteiger partial charge in [0.1, 0.15) is 19.1 Å². The summed E-state index contributed by atoms with van der Waals surface area (Å²) in [6, 6.07) is 1.09. The van der Waals surface area contributed by atoms with E-state index in [1.807, 2.05) is 11.0 Å². The lowest BCUT2D eigenvalue weighted by Crippen LogP contribution is -2.37. The van der Waals surface area contributed by atoms with Gasteiger partial charge in [0.05, 0.1) is 5.70 Å². The molecule has 0 aromatic rings. The Balaban J connectivity index is 1.69. The van der Waals surface area contributed by atoms with Gasteiger partial charge in [-0.2, -0.15) is 0 Å². The molecule has 0 unspecified atom stereocenters. The van der Waals surface area contributed by atoms with E-state index in [0.29, 0.717) is 25.8 Å². The van der Waals surface area contributed by atoms with E-state index >= 15 is 0 Å². The summed E-state index contributed by atoms with van der Waals surface area (Å²) < 4.78 is 11.9. The molecular weight excluding hydrogens is 368 g/mol. The number of aldehydes is 1. The number of hydrogen-bond donors (Lipinski definition) is 0. The van der Waals surface area contributed by atoms with Gasteiger partial charge in [0.25, 0.3) is 0 Å². The van der Waals surface area contributed by atoms with Crippen molar-refractivity contribution in [2.45, 2.75) is 32.1 Å². The number of amidine groups is 1. The van der Waals surface area contributed by atoms with Crippen LogP contribution in [0.3, 0.4) is 0 Å². The molecule has 6 heteroatoms. The first-order valence-corrected chi connectivity index (χ1v) is 13.4. The first kappa shape index (κ1) is 18.9. The van der Waals surface area contributed by atoms with Crippen LogP contribution in [0.2, 0.25) is 25.7 Å². The van der Waals surface area contributed by atoms with Crippen molar-refractivity contribution in [3.63, 3.8) is 0 Å². The Kier molecular flexibility index (Phi) is 5.08. The summed E-state index contributed by atoms with van der Waals surface area (Å²) in [6.07, 6.45) is 13.9. The maximum absolute atomic E-state index is 11.7. The molecule has 4 rings (SSSR count). The fourth-order valence-electron chi connectivity index (χ4n) is 3.62. The SMILES string of the molecule is C[Si](C)(C)CCOCN1C(C=O)=NC=C2CC=CC3=C4OCC=CC4=CC3=C21. The van der Waals surface area contributed by atoms with E-state index in [1.54, 1.807) is 6.20 Å². The highest BCUT2D eigenvalue weighted by Crippen LogP contribution is 2.42. The Morgan fingerprint density at radius 2 is 2.11 bits per heavy atom. The molecule has 0 radical (unpaired) electrons. The van der Waals surface area contributed by atoms with Crippen molar-refractivity contribution in [3.8, 4) is 0 Å². The Labute approximate surface area is 167 Å². The van der Waals surface area contributed by atoms with E-state index in [-0.39, 0.29) is 0 Å². The second-order valence-corrected chi connectivity index (χ2v) is 14.1. The number of carbonyl (C=O) groups is 1. The van der Waals surface area contributed by atoms with Crippen LogP contribution >= 0.6 is 0 Å². The summed E-state index contributed by atoms with van der Waals surface area (Å²) >= 11 is 0. The van der Waals surface area contributed by atoms with Crippen LogP contribution < -0.4 is 0 Å². The molecule has 28 heavy (non-hydrogen) atoms. The first-order chi connectivity index (χ1) is 13.5. The molecule has 146 valence electrons. The van der Waals surface area contributed by atoms with Gasteiger partial charge in [-0.3, -0.25) is 9.69 Å². The van der Waals surface area contributed by atoms with Gasteiger partial charge in [0.2, 0.25) is 0 Å². The van der Waals surface area contributed by atoms with Crippen LogP contribution in [0, 0.1) is 0 Å². The molecule has 2 heterocycles. The molecule has 0 N–H and O–H groups in total. The molecule has 0 aromatic carbocycles. The number of hydrogen-bond acceptors (Lipinski definition) is 5. The largest absolute Gasteiger partial charge is 0.488 e. The van der Waals surface area contributed by atoms with E-state index in [2.05, 4.69) is 48.9 Å². The zero-order valence-corrected chi connectivity index (χ0v) is 17.7. The van der Waals surface area contributed by atoms with Crippen LogP contribution in [-0.4, -0.2) is 45.0 Å². The van der Waals surface area contributed by atoms with Crippen LogP contribution in [0.5, 0.6) is 0 Å². The van der Waals surface area contributed by atoms with Crippen molar-refractivity contribution < 1.29 is 14.3 Å². The summed E-state index contributed by atoms with van der Waals surface area (Å²) in [7, 11) is -1.17. The van der Waals surface area contributed by atoms with Crippen molar-refractivity contribution in [1.29, 1.82) is 0 Å². The fourth-order valence-corrected chi connectivity index (χ4v) is 4.38. The van der Waals surface area contributed by atoms with E-state index in [0.717, 1.165) is 52.5 Å². The number of fused-ring (bicyclic) bond motifs is 3. The van der Waals surface area contributed by atoms with Gasteiger partial charge in [0.15, 0.2) is 12.1 Å². The van der Waals surface area contributed by atoms with Gasteiger partial charge >= 0.3 is 0 Å². The monoisotopic (exact) mass is 394 g/mol. The molecule has 5 nitrogen and oxygen atoms in total. The lowest BCUT2D eigenvalue weighted by molar-refractivity contribution is -0.103. The standard InChI is InChI=1S/C22H26N2O3Si/c1-28(2,3)11-10-26-15-24-20(14-25)23-13-17-6-4-8-18-19(21(17)24)12-16-7-5-9-27-22(16)18/h4-5,7-8,12-14H,6,9-11,15H2,1-3H3. The summed E-state index contributed by atoms with van der Waals surface area (Å²) in [6.45, 7) is 8.59. The average Bonchev–Trinajstić information content (AvgIpc) is 2.92. The number of allylic oxidation sites excluding steroid dienone is 7. The van der Waals surface area contributed by atoms with E-state index < -0.39 is 8.07 Å². The molecule has 2 aliphatic carbocycles. The Morgan fingerprint density at radius 3 is 2.89 bits per heavy atom. The second-order valence-electron chi connectivity index (χ2n) is 8.46. The van der Waals surface area contributed by atoms with Gasteiger partial charge in [-0.25, -0.2) is 4.99 Å². The topological polar surface area (TPSA) is 51.1 Å². The quantitative estimate of drug-likeness (QED) is 0.387. The van der Waals surface area contributed by atoms with E-state index in [1.165, 1.54) is 0 Å². The highest BCUT2D eigenvalue weighted by Gasteiger charge is 2.32. The van der Waals surface area contributed by atoms with Crippen molar-refractivity contribution in [2.24, 2.45) is 4.99 Å². The minimum Gasteiger partial charge on any atom is -0.488 e. The van der Waals surface area contributed by atoms with Gasteiger partial charge in [-0.05, 0) is 30.2 Å². The smallest absolute Gasteiger partial charge is 0.185 e. The highest BCUT2D eigenvalue weighted by atomic mass is 28.3. The molecule has 0 saturated heterocycles. The van der Waals surface area contributed by atoms with Gasteiger partial charge < -0.3 is 9.47 Å². The summed E-state index contributed by atoms with van der Waals surface area (Å²) in [4.78, 5) is 18.0. The van der Waals surface area contributed by atoms with Crippen LogP contribution in [0.1, 0.15) is 6.42 Å².